The van der Waals surface area contributed by atoms with E-state index in [1.165, 1.54) is 24.1 Å². The topological polar surface area (TPSA) is 96.0 Å². The predicted octanol–water partition coefficient (Wildman–Crippen LogP) is 5.57. The van der Waals surface area contributed by atoms with Crippen molar-refractivity contribution < 1.29 is 22.7 Å². The van der Waals surface area contributed by atoms with Crippen LogP contribution in [0.15, 0.2) is 77.7 Å². The lowest BCUT2D eigenvalue weighted by atomic mass is 10.1. The van der Waals surface area contributed by atoms with Crippen LogP contribution in [-0.2, 0) is 26.2 Å². The van der Waals surface area contributed by atoms with Crippen molar-refractivity contribution in [1.29, 1.82) is 0 Å². The van der Waals surface area contributed by atoms with E-state index < -0.39 is 34.1 Å². The van der Waals surface area contributed by atoms with Crippen LogP contribution in [-0.4, -0.2) is 50.4 Å². The van der Waals surface area contributed by atoms with E-state index in [0.717, 1.165) is 15.4 Å². The van der Waals surface area contributed by atoms with Crippen LogP contribution in [0.4, 0.5) is 5.69 Å². The van der Waals surface area contributed by atoms with E-state index in [1.54, 1.807) is 60.7 Å². The Kier molecular flexibility index (Phi) is 10.4. The fraction of sp³-hybridized carbons (Fsp3) is 0.355. The maximum Gasteiger partial charge on any atom is 0.264 e. The van der Waals surface area contributed by atoms with Gasteiger partial charge in [-0.15, -0.1) is 0 Å². The number of aryl methyl sites for hydroxylation is 1. The minimum Gasteiger partial charge on any atom is -0.497 e. The smallest absolute Gasteiger partial charge is 0.264 e. The van der Waals surface area contributed by atoms with Crippen molar-refractivity contribution in [3.05, 3.63) is 88.9 Å². The molecule has 1 N–H and O–H groups in total. The summed E-state index contributed by atoms with van der Waals surface area (Å²) >= 11 is 6.07. The summed E-state index contributed by atoms with van der Waals surface area (Å²) in [6.45, 7) is 8.89. The van der Waals surface area contributed by atoms with Gasteiger partial charge in [-0.1, -0.05) is 48.4 Å². The van der Waals surface area contributed by atoms with Gasteiger partial charge in [0, 0.05) is 17.1 Å². The van der Waals surface area contributed by atoms with Crippen LogP contribution in [0.1, 0.15) is 45.2 Å². The summed E-state index contributed by atoms with van der Waals surface area (Å²) in [4.78, 5) is 28.9. The molecule has 3 rings (SSSR count). The first-order valence-electron chi connectivity index (χ1n) is 13.3. The number of anilines is 1. The van der Waals surface area contributed by atoms with Gasteiger partial charge in [-0.25, -0.2) is 8.42 Å². The van der Waals surface area contributed by atoms with Crippen LogP contribution >= 0.6 is 11.6 Å². The molecule has 0 spiro atoms. The number of carbonyl (C=O) groups is 2. The molecule has 0 bridgehead atoms. The maximum atomic E-state index is 14.1. The zero-order valence-electron chi connectivity index (χ0n) is 24.3. The first-order valence-corrected chi connectivity index (χ1v) is 15.2. The Morgan fingerprint density at radius 2 is 1.54 bits per heavy atom. The largest absolute Gasteiger partial charge is 0.497 e. The second-order valence-electron chi connectivity index (χ2n) is 10.8. The number of methoxy groups -OCH3 is 1. The summed E-state index contributed by atoms with van der Waals surface area (Å²) in [5, 5.41) is 3.50. The van der Waals surface area contributed by atoms with Crippen LogP contribution in [0.25, 0.3) is 0 Å². The van der Waals surface area contributed by atoms with Crippen LogP contribution in [0.3, 0.4) is 0 Å². The van der Waals surface area contributed by atoms with Crippen molar-refractivity contribution in [3.8, 4) is 5.75 Å². The minimum atomic E-state index is -4.17. The molecule has 0 radical (unpaired) electrons. The number of benzene rings is 3. The van der Waals surface area contributed by atoms with Crippen molar-refractivity contribution in [2.75, 3.05) is 18.0 Å². The summed E-state index contributed by atoms with van der Waals surface area (Å²) in [6.07, 6.45) is 0.330. The first kappa shape index (κ1) is 32.0. The van der Waals surface area contributed by atoms with Gasteiger partial charge in [0.05, 0.1) is 17.7 Å². The van der Waals surface area contributed by atoms with Crippen molar-refractivity contribution >= 4 is 39.1 Å². The summed E-state index contributed by atoms with van der Waals surface area (Å²) in [7, 11) is -2.67. The second kappa shape index (κ2) is 13.4. The second-order valence-corrected chi connectivity index (χ2v) is 13.1. The van der Waals surface area contributed by atoms with Crippen molar-refractivity contribution in [1.82, 2.24) is 10.2 Å². The molecule has 41 heavy (non-hydrogen) atoms. The summed E-state index contributed by atoms with van der Waals surface area (Å²) in [5.74, 6) is -0.331. The molecule has 0 aromatic heterocycles. The van der Waals surface area contributed by atoms with Gasteiger partial charge in [-0.3, -0.25) is 13.9 Å². The van der Waals surface area contributed by atoms with Crippen molar-refractivity contribution in [2.24, 2.45) is 0 Å². The zero-order chi connectivity index (χ0) is 30.4. The molecule has 10 heteroatoms. The molecule has 220 valence electrons. The van der Waals surface area contributed by atoms with E-state index in [4.69, 9.17) is 16.3 Å². The fourth-order valence-electron chi connectivity index (χ4n) is 4.27. The Hall–Kier alpha value is -3.56. The number of sulfonamides is 1. The molecular formula is C31H38ClN3O5S. The van der Waals surface area contributed by atoms with Crippen molar-refractivity contribution in [3.63, 3.8) is 0 Å². The Morgan fingerprint density at radius 3 is 2.05 bits per heavy atom. The minimum absolute atomic E-state index is 0.00782. The Balaban J connectivity index is 2.06. The molecule has 8 nitrogen and oxygen atoms in total. The average molecular weight is 600 g/mol. The Morgan fingerprint density at radius 1 is 0.951 bits per heavy atom. The molecule has 0 aliphatic carbocycles. The number of nitrogens with one attached hydrogen (secondary N) is 1. The van der Waals surface area contributed by atoms with E-state index in [0.29, 0.717) is 22.9 Å². The number of halogens is 1. The average Bonchev–Trinajstić information content (AvgIpc) is 2.92. The third-order valence-corrected chi connectivity index (χ3v) is 8.44. The number of ether oxygens (including phenoxy) is 1. The molecule has 0 aliphatic rings. The molecule has 0 saturated heterocycles. The van der Waals surface area contributed by atoms with E-state index >= 15 is 0 Å². The molecule has 3 aromatic carbocycles. The summed E-state index contributed by atoms with van der Waals surface area (Å²) < 4.78 is 34.2. The van der Waals surface area contributed by atoms with Crippen LogP contribution in [0, 0.1) is 6.92 Å². The number of rotatable bonds is 11. The molecule has 0 fully saturated rings. The van der Waals surface area contributed by atoms with E-state index in [1.807, 2.05) is 34.6 Å². The quantitative estimate of drug-likeness (QED) is 0.311. The lowest BCUT2D eigenvalue weighted by Crippen LogP contribution is -2.55. The van der Waals surface area contributed by atoms with E-state index in [-0.39, 0.29) is 17.3 Å². The van der Waals surface area contributed by atoms with Gasteiger partial charge < -0.3 is 15.0 Å². The highest BCUT2D eigenvalue weighted by Gasteiger charge is 2.34. The zero-order valence-corrected chi connectivity index (χ0v) is 25.9. The Bertz CT molecular complexity index is 1440. The van der Waals surface area contributed by atoms with Crippen LogP contribution in [0.2, 0.25) is 5.02 Å². The van der Waals surface area contributed by atoms with Gasteiger partial charge in [0.15, 0.2) is 0 Å². The molecule has 2 amide bonds. The number of hydrogen-bond acceptors (Lipinski definition) is 5. The molecule has 0 heterocycles. The number of amides is 2. The monoisotopic (exact) mass is 599 g/mol. The fourth-order valence-corrected chi connectivity index (χ4v) is 5.81. The van der Waals surface area contributed by atoms with Gasteiger partial charge in [-0.05, 0) is 88.2 Å². The predicted molar refractivity (Wildman–Crippen MR) is 163 cm³/mol. The molecule has 3 aromatic rings. The lowest BCUT2D eigenvalue weighted by molar-refractivity contribution is -0.141. The van der Waals surface area contributed by atoms with Crippen molar-refractivity contribution in [2.45, 2.75) is 64.1 Å². The first-order chi connectivity index (χ1) is 19.2. The van der Waals surface area contributed by atoms with Gasteiger partial charge >= 0.3 is 0 Å². The maximum absolute atomic E-state index is 14.1. The molecule has 1 atom stereocenters. The van der Waals surface area contributed by atoms with Gasteiger partial charge in [0.1, 0.15) is 18.3 Å². The molecule has 0 unspecified atom stereocenters. The number of nitrogens with zero attached hydrogens (tertiary/aromatic N) is 2. The third kappa shape index (κ3) is 8.47. The highest BCUT2D eigenvalue weighted by Crippen LogP contribution is 2.27. The third-order valence-electron chi connectivity index (χ3n) is 6.40. The van der Waals surface area contributed by atoms with Crippen LogP contribution < -0.4 is 14.4 Å². The standard InChI is InChI=1S/C31H38ClN3O5S/c1-7-28(30(37)33-31(3,4)5)34(20-23-10-12-24(32)13-11-23)29(36)21-35(25-14-8-22(2)9-15-25)41(38,39)27-18-16-26(40-6)17-19-27/h8-19,28H,7,20-21H2,1-6H3,(H,33,37)/t28-/m0/s1. The highest BCUT2D eigenvalue weighted by molar-refractivity contribution is 7.92. The highest BCUT2D eigenvalue weighted by atomic mass is 35.5. The summed E-state index contributed by atoms with van der Waals surface area (Å²) in [6, 6.07) is 19.0. The summed E-state index contributed by atoms with van der Waals surface area (Å²) in [5.41, 5.74) is 1.50. The number of hydrogen-bond donors (Lipinski definition) is 1. The SMILES string of the molecule is CC[C@@H](C(=O)NC(C)(C)C)N(Cc1ccc(Cl)cc1)C(=O)CN(c1ccc(C)cc1)S(=O)(=O)c1ccc(OC)cc1. The lowest BCUT2D eigenvalue weighted by Gasteiger charge is -2.34. The van der Waals surface area contributed by atoms with E-state index in [2.05, 4.69) is 5.32 Å². The van der Waals surface area contributed by atoms with Gasteiger partial charge in [0.2, 0.25) is 11.8 Å². The van der Waals surface area contributed by atoms with Crippen LogP contribution in [0.5, 0.6) is 5.75 Å². The van der Waals surface area contributed by atoms with Gasteiger partial charge in [-0.2, -0.15) is 0 Å². The van der Waals surface area contributed by atoms with Gasteiger partial charge in [0.25, 0.3) is 10.0 Å². The molecule has 0 saturated carbocycles. The van der Waals surface area contributed by atoms with E-state index in [9.17, 15) is 18.0 Å². The molecular weight excluding hydrogens is 562 g/mol. The molecule has 0 aliphatic heterocycles. The Labute approximate surface area is 248 Å². The number of carbonyl (C=O) groups excluding carboxylic acids is 2. The normalized spacial score (nSPS) is 12.4.